The van der Waals surface area contributed by atoms with Crippen molar-refractivity contribution in [3.05, 3.63) is 71.3 Å². The second-order valence-corrected chi connectivity index (χ2v) is 7.56. The molecule has 0 radical (unpaired) electrons. The molecular weight excluding hydrogens is 376 g/mol. The van der Waals surface area contributed by atoms with Gasteiger partial charge in [0.1, 0.15) is 23.5 Å². The van der Waals surface area contributed by atoms with Crippen LogP contribution in [-0.2, 0) is 15.3 Å². The van der Waals surface area contributed by atoms with E-state index in [1.807, 2.05) is 30.3 Å². The molecule has 4 rings (SSSR count). The predicted octanol–water partition coefficient (Wildman–Crippen LogP) is 3.67. The number of aldehydes is 1. The van der Waals surface area contributed by atoms with Gasteiger partial charge in [0.15, 0.2) is 0 Å². The maximum Gasteiger partial charge on any atom is 0.243 e. The van der Waals surface area contributed by atoms with Crippen molar-refractivity contribution in [1.29, 1.82) is 0 Å². The molecule has 2 aromatic carbocycles. The van der Waals surface area contributed by atoms with E-state index in [0.29, 0.717) is 32.2 Å². The van der Waals surface area contributed by atoms with Crippen molar-refractivity contribution in [3.8, 4) is 0 Å². The Morgan fingerprint density at radius 2 is 1.93 bits per heavy atom. The zero-order chi connectivity index (χ0) is 20.5. The fraction of sp³-hybridized carbons (Fsp3) is 0.364. The molecule has 152 valence electrons. The van der Waals surface area contributed by atoms with Crippen molar-refractivity contribution in [2.45, 2.75) is 43.4 Å². The summed E-state index contributed by atoms with van der Waals surface area (Å²) in [5.41, 5.74) is 4.54. The molecular formula is C22H23F2N3O2. The van der Waals surface area contributed by atoms with Gasteiger partial charge in [0.2, 0.25) is 11.6 Å². The molecule has 0 saturated heterocycles. The molecule has 1 unspecified atom stereocenters. The lowest BCUT2D eigenvalue weighted by Crippen LogP contribution is -2.59. The van der Waals surface area contributed by atoms with Crippen LogP contribution >= 0.6 is 0 Å². The number of halogens is 2. The Morgan fingerprint density at radius 3 is 2.55 bits per heavy atom. The summed E-state index contributed by atoms with van der Waals surface area (Å²) in [4.78, 5) is 12.1. The third kappa shape index (κ3) is 3.19. The van der Waals surface area contributed by atoms with Gasteiger partial charge in [-0.3, -0.25) is 0 Å². The lowest BCUT2D eigenvalue weighted by Gasteiger charge is -2.50. The van der Waals surface area contributed by atoms with Gasteiger partial charge >= 0.3 is 0 Å². The number of hydrogen-bond donors (Lipinski definition) is 1. The first-order valence-corrected chi connectivity index (χ1v) is 9.80. The molecule has 5 nitrogen and oxygen atoms in total. The Hall–Kier alpha value is -2.80. The van der Waals surface area contributed by atoms with Crippen molar-refractivity contribution in [2.24, 2.45) is 10.8 Å². The molecule has 1 atom stereocenters. The zero-order valence-electron chi connectivity index (χ0n) is 16.0. The van der Waals surface area contributed by atoms with Crippen LogP contribution in [0.4, 0.5) is 8.78 Å². The number of ether oxygens (including phenoxy) is 1. The highest BCUT2D eigenvalue weighted by Gasteiger charge is 2.57. The summed E-state index contributed by atoms with van der Waals surface area (Å²) in [6.45, 7) is 0.420. The third-order valence-electron chi connectivity index (χ3n) is 5.76. The quantitative estimate of drug-likeness (QED) is 0.722. The van der Waals surface area contributed by atoms with Crippen LogP contribution in [0.1, 0.15) is 43.2 Å². The summed E-state index contributed by atoms with van der Waals surface area (Å²) in [5, 5.41) is 6.23. The Bertz CT molecular complexity index is 931. The molecule has 7 heteroatoms. The van der Waals surface area contributed by atoms with Gasteiger partial charge in [-0.1, -0.05) is 30.3 Å². The standard InChI is InChI=1S/C22H23F2N3O2/c23-17-8-9-19(24)18(14-17)20-26-27(21(15-28)10-4-11-21)22(29-20,12-5-13-25)16-6-2-1-3-7-16/h1-3,6-9,14-15H,4-5,10-13,25H2. The summed E-state index contributed by atoms with van der Waals surface area (Å²) in [7, 11) is 0. The number of benzene rings is 2. The van der Waals surface area contributed by atoms with Gasteiger partial charge in [0.25, 0.3) is 0 Å². The fourth-order valence-corrected chi connectivity index (χ4v) is 4.07. The van der Waals surface area contributed by atoms with Crippen molar-refractivity contribution in [2.75, 3.05) is 6.54 Å². The average molecular weight is 399 g/mol. The molecule has 1 aliphatic carbocycles. The summed E-state index contributed by atoms with van der Waals surface area (Å²) in [6.07, 6.45) is 4.09. The van der Waals surface area contributed by atoms with Gasteiger partial charge < -0.3 is 15.3 Å². The second-order valence-electron chi connectivity index (χ2n) is 7.56. The van der Waals surface area contributed by atoms with E-state index in [4.69, 9.17) is 10.5 Å². The van der Waals surface area contributed by atoms with E-state index in [1.54, 1.807) is 5.01 Å². The van der Waals surface area contributed by atoms with E-state index in [1.165, 1.54) is 0 Å². The topological polar surface area (TPSA) is 67.9 Å². The number of hydrogen-bond acceptors (Lipinski definition) is 5. The van der Waals surface area contributed by atoms with Crippen LogP contribution in [0.2, 0.25) is 0 Å². The SMILES string of the molecule is NCCCC1(c2ccccc2)OC(c2cc(F)ccc2F)=NN1C1(C=O)CCC1. The lowest BCUT2D eigenvalue weighted by molar-refractivity contribution is -0.163. The summed E-state index contributed by atoms with van der Waals surface area (Å²) in [5.74, 6) is -1.26. The van der Waals surface area contributed by atoms with Crippen LogP contribution in [0.25, 0.3) is 0 Å². The Morgan fingerprint density at radius 1 is 1.17 bits per heavy atom. The number of hydrazone groups is 1. The fourth-order valence-electron chi connectivity index (χ4n) is 4.07. The molecule has 1 fully saturated rings. The molecule has 0 aromatic heterocycles. The minimum absolute atomic E-state index is 0.0315. The van der Waals surface area contributed by atoms with E-state index in [2.05, 4.69) is 5.10 Å². The minimum Gasteiger partial charge on any atom is -0.443 e. The van der Waals surface area contributed by atoms with Crippen LogP contribution in [0.15, 0.2) is 53.6 Å². The Labute approximate surface area is 168 Å². The highest BCUT2D eigenvalue weighted by molar-refractivity contribution is 5.95. The van der Waals surface area contributed by atoms with Crippen molar-refractivity contribution in [1.82, 2.24) is 5.01 Å². The number of rotatable bonds is 7. The van der Waals surface area contributed by atoms with Crippen LogP contribution in [-0.4, -0.2) is 29.3 Å². The van der Waals surface area contributed by atoms with Crippen LogP contribution in [0.5, 0.6) is 0 Å². The molecule has 0 bridgehead atoms. The van der Waals surface area contributed by atoms with Gasteiger partial charge in [-0.15, -0.1) is 5.10 Å². The Kier molecular flexibility index (Phi) is 5.08. The van der Waals surface area contributed by atoms with Gasteiger partial charge in [0, 0.05) is 12.0 Å². The normalized spacial score (nSPS) is 22.6. The number of carbonyl (C=O) groups is 1. The number of nitrogens with two attached hydrogens (primary N) is 1. The van der Waals surface area contributed by atoms with E-state index < -0.39 is 22.9 Å². The van der Waals surface area contributed by atoms with Gasteiger partial charge in [-0.05, 0) is 50.4 Å². The van der Waals surface area contributed by atoms with Crippen molar-refractivity contribution >= 4 is 12.2 Å². The first-order chi connectivity index (χ1) is 14.0. The molecule has 1 saturated carbocycles. The maximum atomic E-state index is 14.5. The number of carbonyl (C=O) groups excluding carboxylic acids is 1. The van der Waals surface area contributed by atoms with Gasteiger partial charge in [0.05, 0.1) is 5.56 Å². The van der Waals surface area contributed by atoms with Crippen LogP contribution in [0.3, 0.4) is 0 Å². The second kappa shape index (κ2) is 7.55. The zero-order valence-corrected chi connectivity index (χ0v) is 16.0. The first-order valence-electron chi connectivity index (χ1n) is 9.80. The lowest BCUT2D eigenvalue weighted by atomic mass is 9.75. The molecule has 1 aliphatic heterocycles. The molecule has 0 amide bonds. The highest BCUT2D eigenvalue weighted by atomic mass is 19.1. The maximum absolute atomic E-state index is 14.5. The molecule has 0 spiro atoms. The predicted molar refractivity (Wildman–Crippen MR) is 105 cm³/mol. The van der Waals surface area contributed by atoms with E-state index >= 15 is 0 Å². The monoisotopic (exact) mass is 399 g/mol. The molecule has 1 heterocycles. The van der Waals surface area contributed by atoms with Crippen LogP contribution in [0, 0.1) is 11.6 Å². The van der Waals surface area contributed by atoms with E-state index in [0.717, 1.165) is 36.5 Å². The van der Waals surface area contributed by atoms with Gasteiger partial charge in [-0.25, -0.2) is 13.8 Å². The van der Waals surface area contributed by atoms with E-state index in [9.17, 15) is 13.6 Å². The molecule has 2 aromatic rings. The average Bonchev–Trinajstić information content (AvgIpc) is 3.09. The van der Waals surface area contributed by atoms with Gasteiger partial charge in [-0.2, -0.15) is 0 Å². The largest absolute Gasteiger partial charge is 0.443 e. The molecule has 2 aliphatic rings. The Balaban J connectivity index is 1.87. The smallest absolute Gasteiger partial charge is 0.243 e. The first kappa shape index (κ1) is 19.5. The van der Waals surface area contributed by atoms with Crippen molar-refractivity contribution in [3.63, 3.8) is 0 Å². The number of nitrogens with zero attached hydrogens (tertiary/aromatic N) is 2. The van der Waals surface area contributed by atoms with E-state index in [-0.39, 0.29) is 11.5 Å². The van der Waals surface area contributed by atoms with Crippen molar-refractivity contribution < 1.29 is 18.3 Å². The minimum atomic E-state index is -1.12. The summed E-state index contributed by atoms with van der Waals surface area (Å²) in [6, 6.07) is 12.6. The highest BCUT2D eigenvalue weighted by Crippen LogP contribution is 2.50. The van der Waals surface area contributed by atoms with Crippen LogP contribution < -0.4 is 5.73 Å². The molecule has 2 N–H and O–H groups in total. The summed E-state index contributed by atoms with van der Waals surface area (Å²) >= 11 is 0. The summed E-state index contributed by atoms with van der Waals surface area (Å²) < 4.78 is 34.6. The molecule has 29 heavy (non-hydrogen) atoms. The third-order valence-corrected chi connectivity index (χ3v) is 5.76.